The highest BCUT2D eigenvalue weighted by molar-refractivity contribution is 5.98. The average Bonchev–Trinajstić information content (AvgIpc) is 2.61. The molecule has 18 heavy (non-hydrogen) atoms. The lowest BCUT2D eigenvalue weighted by Gasteiger charge is -2.38. The van der Waals surface area contributed by atoms with Crippen LogP contribution in [0.3, 0.4) is 0 Å². The van der Waals surface area contributed by atoms with Gasteiger partial charge in [0.25, 0.3) is 0 Å². The fraction of sp³-hybridized carbons (Fsp3) is 0.571. The number of pyridine rings is 1. The quantitative estimate of drug-likeness (QED) is 0.808. The van der Waals surface area contributed by atoms with Crippen molar-refractivity contribution >= 4 is 11.6 Å². The van der Waals surface area contributed by atoms with E-state index in [9.17, 15) is 9.90 Å². The third-order valence-corrected chi connectivity index (χ3v) is 4.12. The van der Waals surface area contributed by atoms with Gasteiger partial charge in [0, 0.05) is 18.3 Å². The minimum atomic E-state index is -0.191. The molecule has 3 rings (SSSR count). The van der Waals surface area contributed by atoms with Crippen LogP contribution in [0.25, 0.3) is 0 Å². The van der Waals surface area contributed by atoms with Gasteiger partial charge in [0.05, 0.1) is 11.7 Å². The predicted octanol–water partition coefficient (Wildman–Crippen LogP) is 1.78. The van der Waals surface area contributed by atoms with E-state index in [1.807, 2.05) is 6.07 Å². The Morgan fingerprint density at radius 2 is 2.06 bits per heavy atom. The molecule has 1 aromatic heterocycles. The molecule has 0 aromatic carbocycles. The van der Waals surface area contributed by atoms with Gasteiger partial charge in [-0.25, -0.2) is 4.98 Å². The van der Waals surface area contributed by atoms with Crippen molar-refractivity contribution in [3.8, 4) is 0 Å². The number of piperidine rings is 1. The van der Waals surface area contributed by atoms with E-state index in [0.29, 0.717) is 17.6 Å². The molecule has 2 saturated heterocycles. The second-order valence-corrected chi connectivity index (χ2v) is 5.35. The molecule has 0 saturated carbocycles. The molecule has 1 N–H and O–H groups in total. The molecule has 0 spiro atoms. The van der Waals surface area contributed by atoms with Crippen LogP contribution in [-0.4, -0.2) is 34.1 Å². The Labute approximate surface area is 107 Å². The summed E-state index contributed by atoms with van der Waals surface area (Å²) in [6.07, 6.45) is 5.33. The molecule has 4 heteroatoms. The Hall–Kier alpha value is -1.42. The maximum absolute atomic E-state index is 11.7. The van der Waals surface area contributed by atoms with E-state index < -0.39 is 0 Å². The van der Waals surface area contributed by atoms with Crippen molar-refractivity contribution in [3.05, 3.63) is 23.9 Å². The number of rotatable bonds is 2. The molecule has 3 heterocycles. The lowest BCUT2D eigenvalue weighted by atomic mass is 9.99. The van der Waals surface area contributed by atoms with Gasteiger partial charge in [0.2, 0.25) is 0 Å². The number of aliphatic hydroxyl groups excluding tert-OH is 1. The van der Waals surface area contributed by atoms with E-state index >= 15 is 0 Å². The Balaban J connectivity index is 1.99. The summed E-state index contributed by atoms with van der Waals surface area (Å²) in [4.78, 5) is 18.4. The van der Waals surface area contributed by atoms with Crippen LogP contribution in [0.1, 0.15) is 43.0 Å². The standard InChI is InChI=1S/C14H18N2O2/c1-9(17)13-3-2-6-15-14(13)16-10-4-5-11(16)8-12(18)7-10/h2-3,6,10-12,18H,4-5,7-8H2,1H3. The molecule has 2 unspecified atom stereocenters. The molecule has 2 aliphatic rings. The average molecular weight is 246 g/mol. The number of aromatic nitrogens is 1. The fourth-order valence-corrected chi connectivity index (χ4v) is 3.37. The first-order valence-corrected chi connectivity index (χ1v) is 6.59. The zero-order valence-electron chi connectivity index (χ0n) is 10.5. The topological polar surface area (TPSA) is 53.4 Å². The summed E-state index contributed by atoms with van der Waals surface area (Å²) in [5.74, 6) is 0.869. The molecule has 1 aromatic rings. The first kappa shape index (κ1) is 11.7. The summed E-state index contributed by atoms with van der Waals surface area (Å²) in [6, 6.07) is 4.33. The highest BCUT2D eigenvalue weighted by Crippen LogP contribution is 2.39. The van der Waals surface area contributed by atoms with Gasteiger partial charge >= 0.3 is 0 Å². The molecule has 2 fully saturated rings. The summed E-state index contributed by atoms with van der Waals surface area (Å²) < 4.78 is 0. The third-order valence-electron chi connectivity index (χ3n) is 4.12. The van der Waals surface area contributed by atoms with Crippen molar-refractivity contribution < 1.29 is 9.90 Å². The SMILES string of the molecule is CC(=O)c1cccnc1N1C2CCC1CC(O)C2. The second-order valence-electron chi connectivity index (χ2n) is 5.35. The van der Waals surface area contributed by atoms with Crippen molar-refractivity contribution in [2.45, 2.75) is 50.8 Å². The molecular formula is C14H18N2O2. The number of carbonyl (C=O) groups is 1. The van der Waals surface area contributed by atoms with Crippen molar-refractivity contribution in [1.82, 2.24) is 4.98 Å². The van der Waals surface area contributed by atoms with Crippen molar-refractivity contribution in [2.75, 3.05) is 4.90 Å². The number of hydrogen-bond donors (Lipinski definition) is 1. The van der Waals surface area contributed by atoms with Gasteiger partial charge in [0.1, 0.15) is 5.82 Å². The lowest BCUT2D eigenvalue weighted by molar-refractivity contribution is 0.101. The number of carbonyl (C=O) groups excluding carboxylic acids is 1. The molecule has 0 aliphatic carbocycles. The van der Waals surface area contributed by atoms with Crippen LogP contribution in [0.15, 0.2) is 18.3 Å². The Morgan fingerprint density at radius 1 is 1.39 bits per heavy atom. The summed E-state index contributed by atoms with van der Waals surface area (Å²) >= 11 is 0. The van der Waals surface area contributed by atoms with Gasteiger partial charge in [0.15, 0.2) is 5.78 Å². The molecule has 96 valence electrons. The van der Waals surface area contributed by atoms with Crippen LogP contribution >= 0.6 is 0 Å². The molecule has 2 bridgehead atoms. The van der Waals surface area contributed by atoms with E-state index in [1.54, 1.807) is 19.2 Å². The van der Waals surface area contributed by atoms with Gasteiger partial charge < -0.3 is 10.0 Å². The summed E-state index contributed by atoms with van der Waals surface area (Å²) in [7, 11) is 0. The zero-order valence-corrected chi connectivity index (χ0v) is 10.5. The first-order valence-electron chi connectivity index (χ1n) is 6.59. The molecule has 4 nitrogen and oxygen atoms in total. The molecule has 0 amide bonds. The van der Waals surface area contributed by atoms with Gasteiger partial charge in [-0.15, -0.1) is 0 Å². The number of anilines is 1. The molecule has 2 aliphatic heterocycles. The Kier molecular flexibility index (Phi) is 2.82. The molecule has 2 atom stereocenters. The monoisotopic (exact) mass is 246 g/mol. The lowest BCUT2D eigenvalue weighted by Crippen LogP contribution is -2.45. The Bertz CT molecular complexity index is 461. The maximum atomic E-state index is 11.7. The predicted molar refractivity (Wildman–Crippen MR) is 68.8 cm³/mol. The number of nitrogens with zero attached hydrogens (tertiary/aromatic N) is 2. The van der Waals surface area contributed by atoms with Crippen LogP contribution in [-0.2, 0) is 0 Å². The smallest absolute Gasteiger partial charge is 0.163 e. The Morgan fingerprint density at radius 3 is 2.67 bits per heavy atom. The van der Waals surface area contributed by atoms with E-state index in [-0.39, 0.29) is 11.9 Å². The van der Waals surface area contributed by atoms with Crippen LogP contribution in [0, 0.1) is 0 Å². The normalized spacial score (nSPS) is 30.6. The van der Waals surface area contributed by atoms with E-state index in [0.717, 1.165) is 31.5 Å². The summed E-state index contributed by atoms with van der Waals surface area (Å²) in [5.41, 5.74) is 0.700. The second kappa shape index (κ2) is 4.35. The number of hydrogen-bond acceptors (Lipinski definition) is 4. The van der Waals surface area contributed by atoms with Crippen LogP contribution in [0.5, 0.6) is 0 Å². The zero-order chi connectivity index (χ0) is 12.7. The van der Waals surface area contributed by atoms with Gasteiger partial charge in [-0.3, -0.25) is 4.79 Å². The highest BCUT2D eigenvalue weighted by Gasteiger charge is 2.41. The van der Waals surface area contributed by atoms with Crippen LogP contribution in [0.2, 0.25) is 0 Å². The number of aliphatic hydroxyl groups is 1. The van der Waals surface area contributed by atoms with Gasteiger partial charge in [-0.2, -0.15) is 0 Å². The van der Waals surface area contributed by atoms with Gasteiger partial charge in [-0.05, 0) is 44.7 Å². The van der Waals surface area contributed by atoms with Crippen LogP contribution < -0.4 is 4.90 Å². The minimum absolute atomic E-state index is 0.0589. The molecular weight excluding hydrogens is 228 g/mol. The van der Waals surface area contributed by atoms with Gasteiger partial charge in [-0.1, -0.05) is 0 Å². The number of Topliss-reactive ketones (excluding diaryl/α,β-unsaturated/α-hetero) is 1. The maximum Gasteiger partial charge on any atom is 0.163 e. The fourth-order valence-electron chi connectivity index (χ4n) is 3.37. The van der Waals surface area contributed by atoms with Crippen molar-refractivity contribution in [1.29, 1.82) is 0 Å². The highest BCUT2D eigenvalue weighted by atomic mass is 16.3. The number of ketones is 1. The first-order chi connectivity index (χ1) is 8.66. The van der Waals surface area contributed by atoms with Crippen molar-refractivity contribution in [3.63, 3.8) is 0 Å². The number of fused-ring (bicyclic) bond motifs is 2. The van der Waals surface area contributed by atoms with E-state index in [2.05, 4.69) is 9.88 Å². The van der Waals surface area contributed by atoms with Crippen molar-refractivity contribution in [2.24, 2.45) is 0 Å². The minimum Gasteiger partial charge on any atom is -0.393 e. The largest absolute Gasteiger partial charge is 0.393 e. The summed E-state index contributed by atoms with van der Waals surface area (Å²) in [5, 5.41) is 9.82. The van der Waals surface area contributed by atoms with E-state index in [1.165, 1.54) is 0 Å². The third kappa shape index (κ3) is 1.81. The van der Waals surface area contributed by atoms with E-state index in [4.69, 9.17) is 0 Å². The summed E-state index contributed by atoms with van der Waals surface area (Å²) in [6.45, 7) is 1.58. The molecule has 0 radical (unpaired) electrons. The van der Waals surface area contributed by atoms with Crippen LogP contribution in [0.4, 0.5) is 5.82 Å².